The van der Waals surface area contributed by atoms with Gasteiger partial charge < -0.3 is 32.4 Å². The molecule has 0 bridgehead atoms. The van der Waals surface area contributed by atoms with Gasteiger partial charge in [0.15, 0.2) is 0 Å². The molecule has 1 aromatic carbocycles. The molecule has 0 fully saturated rings. The number of nitrogens with two attached hydrogens (primary N) is 2. The molecular weight excluding hydrogens is 406 g/mol. The smallest absolute Gasteiger partial charge is 0.269 e. The predicted octanol–water partition coefficient (Wildman–Crippen LogP) is 2.95. The van der Waals surface area contributed by atoms with E-state index in [1.165, 1.54) is 18.7 Å². The number of aromatic amines is 1. The molecular formula is C23H31N7O2. The Kier molecular flexibility index (Phi) is 10.6. The third-order valence-electron chi connectivity index (χ3n) is 4.17. The monoisotopic (exact) mass is 437 g/mol. The topological polar surface area (TPSA) is 150 Å². The number of nitrogens with one attached hydrogen (secondary N) is 4. The second-order valence-corrected chi connectivity index (χ2v) is 6.76. The summed E-state index contributed by atoms with van der Waals surface area (Å²) >= 11 is 0. The van der Waals surface area contributed by atoms with Crippen LogP contribution in [0.25, 0.3) is 0 Å². The molecule has 9 heteroatoms. The van der Waals surface area contributed by atoms with Gasteiger partial charge in [0.1, 0.15) is 5.69 Å². The predicted molar refractivity (Wildman–Crippen MR) is 131 cm³/mol. The number of allylic oxidation sites excluding steroid dienone is 2. The second kappa shape index (κ2) is 13.1. The highest BCUT2D eigenvalue weighted by Crippen LogP contribution is 2.23. The van der Waals surface area contributed by atoms with Crippen LogP contribution in [0.4, 0.5) is 11.4 Å². The van der Waals surface area contributed by atoms with E-state index in [1.54, 1.807) is 30.3 Å². The molecule has 0 aliphatic heterocycles. The van der Waals surface area contributed by atoms with Gasteiger partial charge in [-0.2, -0.15) is 0 Å². The zero-order valence-electron chi connectivity index (χ0n) is 18.7. The van der Waals surface area contributed by atoms with Crippen molar-refractivity contribution in [3.8, 4) is 0 Å². The summed E-state index contributed by atoms with van der Waals surface area (Å²) in [6, 6.07) is 6.70. The molecule has 2 aromatic rings. The maximum atomic E-state index is 12.3. The molecule has 8 N–H and O–H groups in total. The third-order valence-corrected chi connectivity index (χ3v) is 4.17. The number of para-hydroxylation sites is 1. The average molecular weight is 438 g/mol. The number of H-pyrrole nitrogens is 1. The molecule has 0 saturated heterocycles. The molecule has 1 heterocycles. The molecule has 0 atom stereocenters. The number of nitrogens with zero attached hydrogens (tertiary/aromatic N) is 1. The highest BCUT2D eigenvalue weighted by molar-refractivity contribution is 6.06. The zero-order valence-corrected chi connectivity index (χ0v) is 18.7. The highest BCUT2D eigenvalue weighted by Gasteiger charge is 2.14. The maximum absolute atomic E-state index is 12.3. The lowest BCUT2D eigenvalue weighted by Crippen LogP contribution is -2.30. The van der Waals surface area contributed by atoms with Gasteiger partial charge in [0.25, 0.3) is 11.8 Å². The van der Waals surface area contributed by atoms with E-state index in [0.717, 1.165) is 16.8 Å². The molecule has 9 nitrogen and oxygen atoms in total. The first-order valence-electron chi connectivity index (χ1n) is 9.75. The van der Waals surface area contributed by atoms with Crippen LogP contribution in [0.3, 0.4) is 0 Å². The van der Waals surface area contributed by atoms with Crippen LogP contribution < -0.4 is 27.4 Å². The van der Waals surface area contributed by atoms with E-state index in [-0.39, 0.29) is 12.6 Å². The van der Waals surface area contributed by atoms with Crippen LogP contribution in [-0.4, -0.2) is 29.8 Å². The Labute approximate surface area is 188 Å². The fourth-order valence-corrected chi connectivity index (χ4v) is 2.31. The lowest BCUT2D eigenvalue weighted by atomic mass is 10.1. The number of hydrogen-bond donors (Lipinski definition) is 6. The van der Waals surface area contributed by atoms with Crippen molar-refractivity contribution < 1.29 is 9.59 Å². The summed E-state index contributed by atoms with van der Waals surface area (Å²) in [5, 5.41) is 8.21. The first-order chi connectivity index (χ1) is 15.2. The summed E-state index contributed by atoms with van der Waals surface area (Å²) in [6.45, 7) is 12.8. The number of carbonyl (C=O) groups excluding carboxylic acids is 2. The van der Waals surface area contributed by atoms with Crippen molar-refractivity contribution >= 4 is 29.5 Å². The fourth-order valence-electron chi connectivity index (χ4n) is 2.31. The van der Waals surface area contributed by atoms with Crippen LogP contribution >= 0.6 is 0 Å². The SMILES string of the molecule is C=CC(=C)C.Cc1cc(C(=O)NCNc2c(N)cccc2C(=O)NC=N/C=C\N)[nH]c1C. The van der Waals surface area contributed by atoms with Gasteiger partial charge in [-0.15, -0.1) is 0 Å². The number of aromatic nitrogens is 1. The highest BCUT2D eigenvalue weighted by atomic mass is 16.2. The quantitative estimate of drug-likeness (QED) is 0.123. The zero-order chi connectivity index (χ0) is 24.1. The third kappa shape index (κ3) is 8.23. The van der Waals surface area contributed by atoms with E-state index >= 15 is 0 Å². The van der Waals surface area contributed by atoms with Gasteiger partial charge in [0.05, 0.1) is 29.9 Å². The summed E-state index contributed by atoms with van der Waals surface area (Å²) in [5.41, 5.74) is 15.7. The van der Waals surface area contributed by atoms with E-state index in [1.807, 2.05) is 20.8 Å². The van der Waals surface area contributed by atoms with Crippen LogP contribution in [0.5, 0.6) is 0 Å². The molecule has 170 valence electrons. The largest absolute Gasteiger partial charge is 0.403 e. The van der Waals surface area contributed by atoms with Gasteiger partial charge in [-0.25, -0.2) is 4.99 Å². The van der Waals surface area contributed by atoms with Crippen LogP contribution in [0.15, 0.2) is 66.5 Å². The van der Waals surface area contributed by atoms with Gasteiger partial charge in [0.2, 0.25) is 0 Å². The van der Waals surface area contributed by atoms with Crippen LogP contribution in [0.2, 0.25) is 0 Å². The minimum absolute atomic E-state index is 0.0917. The van der Waals surface area contributed by atoms with Crippen LogP contribution in [-0.2, 0) is 0 Å². The van der Waals surface area contributed by atoms with Crippen LogP contribution in [0.1, 0.15) is 39.0 Å². The van der Waals surface area contributed by atoms with Crippen molar-refractivity contribution in [3.05, 3.63) is 84.0 Å². The van der Waals surface area contributed by atoms with Gasteiger partial charge in [-0.1, -0.05) is 30.9 Å². The van der Waals surface area contributed by atoms with Crippen molar-refractivity contribution in [1.29, 1.82) is 0 Å². The molecule has 32 heavy (non-hydrogen) atoms. The number of amides is 2. The summed E-state index contributed by atoms with van der Waals surface area (Å²) in [4.78, 5) is 31.2. The second-order valence-electron chi connectivity index (χ2n) is 6.76. The molecule has 0 spiro atoms. The fraction of sp³-hybridized carbons (Fsp3) is 0.174. The maximum Gasteiger partial charge on any atom is 0.269 e. The van der Waals surface area contributed by atoms with E-state index in [9.17, 15) is 9.59 Å². The Balaban J connectivity index is 0.000000920. The van der Waals surface area contributed by atoms with E-state index in [0.29, 0.717) is 22.6 Å². The Morgan fingerprint density at radius 3 is 2.50 bits per heavy atom. The Hall–Kier alpha value is -4.27. The Morgan fingerprint density at radius 2 is 1.94 bits per heavy atom. The number of rotatable bonds is 8. The van der Waals surface area contributed by atoms with Crippen molar-refractivity contribution in [1.82, 2.24) is 15.6 Å². The van der Waals surface area contributed by atoms with Crippen molar-refractivity contribution in [2.75, 3.05) is 17.7 Å². The molecule has 0 aliphatic carbocycles. The lowest BCUT2D eigenvalue weighted by molar-refractivity contribution is 0.0950. The number of aryl methyl sites for hydroxylation is 2. The Bertz CT molecular complexity index is 1000. The summed E-state index contributed by atoms with van der Waals surface area (Å²) in [6.07, 6.45) is 5.51. The first-order valence-corrected chi connectivity index (χ1v) is 9.75. The summed E-state index contributed by atoms with van der Waals surface area (Å²) in [7, 11) is 0. The van der Waals surface area contributed by atoms with Crippen molar-refractivity contribution in [3.63, 3.8) is 0 Å². The molecule has 2 rings (SSSR count). The van der Waals surface area contributed by atoms with Gasteiger partial charge >= 0.3 is 0 Å². The number of carbonyl (C=O) groups is 2. The number of nitrogen functional groups attached to an aromatic ring is 1. The molecule has 0 aliphatic rings. The molecule has 0 radical (unpaired) electrons. The number of benzene rings is 1. The minimum Gasteiger partial charge on any atom is -0.403 e. The number of aliphatic imine (C=N–C) groups is 1. The van der Waals surface area contributed by atoms with E-state index in [4.69, 9.17) is 11.5 Å². The number of hydrogen-bond acceptors (Lipinski definition) is 6. The normalized spacial score (nSPS) is 10.3. The first kappa shape index (κ1) is 25.8. The van der Waals surface area contributed by atoms with E-state index < -0.39 is 5.91 Å². The molecule has 0 unspecified atom stereocenters. The van der Waals surface area contributed by atoms with Crippen molar-refractivity contribution in [2.45, 2.75) is 20.8 Å². The van der Waals surface area contributed by atoms with Gasteiger partial charge in [0, 0.05) is 18.1 Å². The Morgan fingerprint density at radius 1 is 1.25 bits per heavy atom. The molecule has 1 aromatic heterocycles. The number of anilines is 2. The standard InChI is InChI=1S/C18H23N7O2.C5H8/c1-11-8-15(25-12(11)2)18(27)24-10-22-16-13(4-3-5-14(16)20)17(26)23-9-21-7-6-19;1-4-5(2)3/h3-9,22,25H,10,19-20H2,1-2H3,(H,24,27)(H,21,23,26);4H,1-2H2,3H3/b7-6-;. The minimum atomic E-state index is -0.402. The summed E-state index contributed by atoms with van der Waals surface area (Å²) < 4.78 is 0. The van der Waals surface area contributed by atoms with E-state index in [2.05, 4.69) is 39.1 Å². The van der Waals surface area contributed by atoms with Gasteiger partial charge in [-0.05, 0) is 44.5 Å². The van der Waals surface area contributed by atoms with Crippen molar-refractivity contribution in [2.24, 2.45) is 10.7 Å². The van der Waals surface area contributed by atoms with Crippen LogP contribution in [0, 0.1) is 13.8 Å². The molecule has 0 saturated carbocycles. The lowest BCUT2D eigenvalue weighted by Gasteiger charge is -2.14. The average Bonchev–Trinajstić information content (AvgIpc) is 3.11. The van der Waals surface area contributed by atoms with Gasteiger partial charge in [-0.3, -0.25) is 9.59 Å². The molecule has 2 amide bonds. The summed E-state index contributed by atoms with van der Waals surface area (Å²) in [5.74, 6) is -0.666.